The van der Waals surface area contributed by atoms with Gasteiger partial charge in [0.1, 0.15) is 5.52 Å². The first-order valence-corrected chi connectivity index (χ1v) is 9.67. The smallest absolute Gasteiger partial charge is 0.253 e. The van der Waals surface area contributed by atoms with Crippen molar-refractivity contribution in [1.82, 2.24) is 20.3 Å². The summed E-state index contributed by atoms with van der Waals surface area (Å²) in [5.74, 6) is 1.13. The van der Waals surface area contributed by atoms with E-state index >= 15 is 0 Å². The number of aromatic amines is 1. The van der Waals surface area contributed by atoms with Gasteiger partial charge in [-0.2, -0.15) is 0 Å². The number of nitrogens with zero attached hydrogens (tertiary/aromatic N) is 3. The van der Waals surface area contributed by atoms with Crippen molar-refractivity contribution in [3.8, 4) is 11.3 Å². The highest BCUT2D eigenvalue weighted by molar-refractivity contribution is 6.00. The van der Waals surface area contributed by atoms with Gasteiger partial charge in [-0.1, -0.05) is 23.8 Å². The molecule has 6 heteroatoms. The zero-order chi connectivity index (χ0) is 19.4. The summed E-state index contributed by atoms with van der Waals surface area (Å²) in [6.07, 6.45) is 3.16. The van der Waals surface area contributed by atoms with E-state index in [-0.39, 0.29) is 11.8 Å². The van der Waals surface area contributed by atoms with Crippen LogP contribution in [0.15, 0.2) is 35.9 Å². The maximum Gasteiger partial charge on any atom is 0.253 e. The molecule has 3 aromatic rings. The summed E-state index contributed by atoms with van der Waals surface area (Å²) in [6.45, 7) is 5.59. The molecule has 5 rings (SSSR count). The van der Waals surface area contributed by atoms with Crippen molar-refractivity contribution in [2.75, 3.05) is 25.0 Å². The zero-order valence-corrected chi connectivity index (χ0v) is 16.3. The first-order valence-electron chi connectivity index (χ1n) is 9.67. The lowest BCUT2D eigenvalue weighted by Gasteiger charge is -2.24. The van der Waals surface area contributed by atoms with Gasteiger partial charge in [0.15, 0.2) is 5.82 Å². The number of carbonyl (C=O) groups excluding carboxylic acids is 1. The van der Waals surface area contributed by atoms with Gasteiger partial charge in [-0.15, -0.1) is 0 Å². The van der Waals surface area contributed by atoms with E-state index in [1.54, 1.807) is 0 Å². The van der Waals surface area contributed by atoms with E-state index in [1.165, 1.54) is 5.57 Å². The lowest BCUT2D eigenvalue weighted by molar-refractivity contribution is 0.0940. The number of anilines is 1. The van der Waals surface area contributed by atoms with Crippen LogP contribution >= 0.6 is 0 Å². The normalized spacial score (nSPS) is 19.0. The predicted molar refractivity (Wildman–Crippen MR) is 111 cm³/mol. The molecule has 142 valence electrons. The molecule has 2 N–H and O–H groups in total. The summed E-state index contributed by atoms with van der Waals surface area (Å²) in [6, 6.07) is 7.99. The van der Waals surface area contributed by atoms with Crippen LogP contribution in [0, 0.1) is 6.92 Å². The number of para-hydroxylation sites is 1. The van der Waals surface area contributed by atoms with Gasteiger partial charge in [0, 0.05) is 43.0 Å². The zero-order valence-electron chi connectivity index (χ0n) is 16.3. The molecule has 1 unspecified atom stereocenters. The van der Waals surface area contributed by atoms with Gasteiger partial charge in [-0.3, -0.25) is 4.79 Å². The van der Waals surface area contributed by atoms with Gasteiger partial charge in [0.2, 0.25) is 0 Å². The average Bonchev–Trinajstić information content (AvgIpc) is 3.13. The SMILES string of the molecule is CC1=CCN(C)c2nc3c(cccc3nc2C)-c2cc3c([nH]2)C(CNC3=O)C1. The van der Waals surface area contributed by atoms with E-state index in [9.17, 15) is 4.79 Å². The Morgan fingerprint density at radius 1 is 1.18 bits per heavy atom. The molecule has 0 saturated heterocycles. The first-order chi connectivity index (χ1) is 13.5. The number of carbonyl (C=O) groups is 1. The van der Waals surface area contributed by atoms with E-state index in [0.717, 1.165) is 58.0 Å². The van der Waals surface area contributed by atoms with Crippen molar-refractivity contribution in [1.29, 1.82) is 0 Å². The van der Waals surface area contributed by atoms with Crippen molar-refractivity contribution >= 4 is 22.8 Å². The Balaban J connectivity index is 1.81. The first kappa shape index (κ1) is 17.0. The summed E-state index contributed by atoms with van der Waals surface area (Å²) < 4.78 is 0. The molecule has 0 saturated carbocycles. The molecule has 0 fully saturated rings. The Bertz CT molecular complexity index is 1140. The predicted octanol–water partition coefficient (Wildman–Crippen LogP) is 3.55. The van der Waals surface area contributed by atoms with Crippen LogP contribution in [0.5, 0.6) is 0 Å². The van der Waals surface area contributed by atoms with Crippen LogP contribution in [0.4, 0.5) is 5.82 Å². The van der Waals surface area contributed by atoms with Crippen LogP contribution < -0.4 is 10.2 Å². The Kier molecular flexibility index (Phi) is 3.75. The number of allylic oxidation sites excluding steroid dienone is 1. The van der Waals surface area contributed by atoms with Gasteiger partial charge in [-0.25, -0.2) is 9.97 Å². The summed E-state index contributed by atoms with van der Waals surface area (Å²) in [5, 5.41) is 3.04. The number of likely N-dealkylation sites (N-methyl/N-ethyl adjacent to an activating group) is 1. The summed E-state index contributed by atoms with van der Waals surface area (Å²) in [7, 11) is 2.06. The largest absolute Gasteiger partial charge is 0.357 e. The van der Waals surface area contributed by atoms with E-state index in [1.807, 2.05) is 31.2 Å². The molecule has 28 heavy (non-hydrogen) atoms. The highest BCUT2D eigenvalue weighted by Crippen LogP contribution is 2.35. The third kappa shape index (κ3) is 2.59. The van der Waals surface area contributed by atoms with E-state index in [2.05, 4.69) is 35.2 Å². The molecule has 0 spiro atoms. The molecule has 2 aliphatic rings. The van der Waals surface area contributed by atoms with Gasteiger partial charge in [0.05, 0.1) is 16.8 Å². The van der Waals surface area contributed by atoms with Crippen LogP contribution in [0.3, 0.4) is 0 Å². The van der Waals surface area contributed by atoms with Crippen LogP contribution in [0.25, 0.3) is 22.3 Å². The minimum absolute atomic E-state index is 0.00920. The topological polar surface area (TPSA) is 73.9 Å². The lowest BCUT2D eigenvalue weighted by Crippen LogP contribution is -2.34. The van der Waals surface area contributed by atoms with Gasteiger partial charge in [-0.05, 0) is 32.4 Å². The molecular weight excluding hydrogens is 350 g/mol. The molecule has 4 heterocycles. The molecule has 6 nitrogen and oxygen atoms in total. The molecule has 2 aromatic heterocycles. The summed E-state index contributed by atoms with van der Waals surface area (Å²) >= 11 is 0. The van der Waals surface area contributed by atoms with Crippen molar-refractivity contribution in [3.63, 3.8) is 0 Å². The van der Waals surface area contributed by atoms with E-state index in [4.69, 9.17) is 9.97 Å². The summed E-state index contributed by atoms with van der Waals surface area (Å²) in [5.41, 5.74) is 7.60. The van der Waals surface area contributed by atoms with Crippen molar-refractivity contribution in [2.24, 2.45) is 0 Å². The number of rotatable bonds is 0. The van der Waals surface area contributed by atoms with Crippen LogP contribution in [-0.4, -0.2) is 41.0 Å². The number of amides is 1. The standard InChI is InChI=1S/C22H23N5O/c1-12-7-8-27(3)21-13(2)24-17-6-4-5-15(20(17)26-21)18-10-16-19(25-18)14(9-12)11-23-22(16)28/h4-7,10,14,25H,8-9,11H2,1-3H3,(H,23,28). The number of benzene rings is 1. The van der Waals surface area contributed by atoms with Crippen LogP contribution in [-0.2, 0) is 0 Å². The third-order valence-electron chi connectivity index (χ3n) is 5.79. The maximum atomic E-state index is 12.5. The molecule has 0 radical (unpaired) electrons. The van der Waals surface area contributed by atoms with Crippen molar-refractivity contribution < 1.29 is 4.79 Å². The fraction of sp³-hybridized carbons (Fsp3) is 0.318. The summed E-state index contributed by atoms with van der Waals surface area (Å²) in [4.78, 5) is 27.9. The maximum absolute atomic E-state index is 12.5. The minimum Gasteiger partial charge on any atom is -0.357 e. The highest BCUT2D eigenvalue weighted by atomic mass is 16.1. The molecule has 1 amide bonds. The number of fused-ring (bicyclic) bond motifs is 3. The third-order valence-corrected chi connectivity index (χ3v) is 5.79. The number of H-pyrrole nitrogens is 1. The Hall–Kier alpha value is -3.15. The van der Waals surface area contributed by atoms with Gasteiger partial charge < -0.3 is 15.2 Å². The Morgan fingerprint density at radius 2 is 2.04 bits per heavy atom. The van der Waals surface area contributed by atoms with Crippen LogP contribution in [0.2, 0.25) is 0 Å². The molecule has 4 bridgehead atoms. The average molecular weight is 373 g/mol. The number of hydrogen-bond acceptors (Lipinski definition) is 4. The van der Waals surface area contributed by atoms with Gasteiger partial charge in [0.25, 0.3) is 5.91 Å². The number of aromatic nitrogens is 3. The number of hydrogen-bond donors (Lipinski definition) is 2. The fourth-order valence-electron chi connectivity index (χ4n) is 4.30. The fourth-order valence-corrected chi connectivity index (χ4v) is 4.30. The van der Waals surface area contributed by atoms with Crippen LogP contribution in [0.1, 0.15) is 41.0 Å². The van der Waals surface area contributed by atoms with Crippen molar-refractivity contribution in [2.45, 2.75) is 26.2 Å². The Labute approximate surface area is 163 Å². The molecule has 0 aliphatic carbocycles. The second-order valence-corrected chi connectivity index (χ2v) is 7.86. The number of nitrogens with one attached hydrogen (secondary N) is 2. The molecule has 1 atom stereocenters. The molecular formula is C22H23N5O. The monoisotopic (exact) mass is 373 g/mol. The second kappa shape index (κ2) is 6.19. The molecule has 2 aliphatic heterocycles. The minimum atomic E-state index is -0.00920. The lowest BCUT2D eigenvalue weighted by atomic mass is 9.91. The Morgan fingerprint density at radius 3 is 2.89 bits per heavy atom. The van der Waals surface area contributed by atoms with Gasteiger partial charge >= 0.3 is 0 Å². The van der Waals surface area contributed by atoms with E-state index in [0.29, 0.717) is 6.54 Å². The van der Waals surface area contributed by atoms with Crippen molar-refractivity contribution in [3.05, 3.63) is 52.9 Å². The highest BCUT2D eigenvalue weighted by Gasteiger charge is 2.29. The number of aryl methyl sites for hydroxylation is 1. The quantitative estimate of drug-likeness (QED) is 0.591. The molecule has 1 aromatic carbocycles. The van der Waals surface area contributed by atoms with E-state index < -0.39 is 0 Å². The second-order valence-electron chi connectivity index (χ2n) is 7.86.